The fourth-order valence-electron chi connectivity index (χ4n) is 3.81. The van der Waals surface area contributed by atoms with Crippen LogP contribution in [-0.4, -0.2) is 18.4 Å². The molecule has 5 nitrogen and oxygen atoms in total. The van der Waals surface area contributed by atoms with Gasteiger partial charge in [-0.25, -0.2) is 4.90 Å². The van der Waals surface area contributed by atoms with Crippen molar-refractivity contribution in [3.8, 4) is 5.75 Å². The zero-order chi connectivity index (χ0) is 23.5. The van der Waals surface area contributed by atoms with E-state index in [9.17, 15) is 9.59 Å². The van der Waals surface area contributed by atoms with E-state index in [2.05, 4.69) is 5.32 Å². The number of carbonyl (C=O) groups is 2. The SMILES string of the molecule is CCCOc1cccc(N2C(=O)C(Nc3cc(C)ccc3C)=C(c3ccc(C)cc3)C2=O)c1. The fourth-order valence-corrected chi connectivity index (χ4v) is 3.81. The van der Waals surface area contributed by atoms with Gasteiger partial charge in [0, 0.05) is 11.8 Å². The molecule has 0 unspecified atom stereocenters. The van der Waals surface area contributed by atoms with Gasteiger partial charge in [-0.1, -0.05) is 55.0 Å². The molecule has 0 saturated heterocycles. The molecule has 1 aliphatic rings. The Hall–Kier alpha value is -3.86. The molecule has 1 aliphatic heterocycles. The molecule has 1 N–H and O–H groups in total. The predicted octanol–water partition coefficient (Wildman–Crippen LogP) is 5.80. The van der Waals surface area contributed by atoms with E-state index >= 15 is 0 Å². The molecule has 3 aromatic rings. The number of nitrogens with zero attached hydrogens (tertiary/aromatic N) is 1. The van der Waals surface area contributed by atoms with Gasteiger partial charge in [-0.15, -0.1) is 0 Å². The first-order valence-electron chi connectivity index (χ1n) is 11.2. The summed E-state index contributed by atoms with van der Waals surface area (Å²) < 4.78 is 5.72. The van der Waals surface area contributed by atoms with Crippen molar-refractivity contribution in [1.29, 1.82) is 0 Å². The van der Waals surface area contributed by atoms with Crippen LogP contribution in [0.15, 0.2) is 72.4 Å². The third-order valence-corrected chi connectivity index (χ3v) is 5.63. The second-order valence-corrected chi connectivity index (χ2v) is 8.35. The number of anilines is 2. The van der Waals surface area contributed by atoms with Crippen LogP contribution in [0, 0.1) is 20.8 Å². The Labute approximate surface area is 194 Å². The zero-order valence-electron chi connectivity index (χ0n) is 19.4. The highest BCUT2D eigenvalue weighted by molar-refractivity contribution is 6.46. The minimum Gasteiger partial charge on any atom is -0.494 e. The van der Waals surface area contributed by atoms with E-state index in [1.165, 1.54) is 4.90 Å². The van der Waals surface area contributed by atoms with Gasteiger partial charge in [0.15, 0.2) is 0 Å². The molecule has 0 radical (unpaired) electrons. The normalized spacial score (nSPS) is 13.6. The molecule has 3 aromatic carbocycles. The summed E-state index contributed by atoms with van der Waals surface area (Å²) in [5.41, 5.74) is 5.77. The first-order chi connectivity index (χ1) is 15.9. The van der Waals surface area contributed by atoms with E-state index in [1.54, 1.807) is 18.2 Å². The van der Waals surface area contributed by atoms with Gasteiger partial charge >= 0.3 is 0 Å². The molecule has 2 amide bonds. The molecule has 1 heterocycles. The van der Waals surface area contributed by atoms with Crippen LogP contribution in [0.1, 0.15) is 35.6 Å². The number of hydrogen-bond donors (Lipinski definition) is 1. The maximum Gasteiger partial charge on any atom is 0.282 e. The molecule has 0 aromatic heterocycles. The summed E-state index contributed by atoms with van der Waals surface area (Å²) in [6.45, 7) is 8.55. The Morgan fingerprint density at radius 3 is 2.30 bits per heavy atom. The smallest absolute Gasteiger partial charge is 0.282 e. The van der Waals surface area contributed by atoms with Crippen LogP contribution in [0.4, 0.5) is 11.4 Å². The Morgan fingerprint density at radius 1 is 0.848 bits per heavy atom. The molecule has 0 saturated carbocycles. The molecule has 4 rings (SSSR count). The highest BCUT2D eigenvalue weighted by atomic mass is 16.5. The van der Waals surface area contributed by atoms with Crippen LogP contribution in [0.2, 0.25) is 0 Å². The number of hydrogen-bond acceptors (Lipinski definition) is 4. The number of rotatable bonds is 7. The summed E-state index contributed by atoms with van der Waals surface area (Å²) in [6.07, 6.45) is 0.870. The lowest BCUT2D eigenvalue weighted by Gasteiger charge is -2.17. The number of ether oxygens (including phenoxy) is 1. The second kappa shape index (κ2) is 9.33. The van der Waals surface area contributed by atoms with Crippen molar-refractivity contribution in [3.05, 3.63) is 94.7 Å². The van der Waals surface area contributed by atoms with Crippen LogP contribution in [0.3, 0.4) is 0 Å². The number of benzene rings is 3. The van der Waals surface area contributed by atoms with Gasteiger partial charge < -0.3 is 10.1 Å². The average molecular weight is 441 g/mol. The van der Waals surface area contributed by atoms with Gasteiger partial charge in [0.05, 0.1) is 17.9 Å². The summed E-state index contributed by atoms with van der Waals surface area (Å²) in [6, 6.07) is 20.7. The zero-order valence-corrected chi connectivity index (χ0v) is 19.4. The van der Waals surface area contributed by atoms with Crippen molar-refractivity contribution in [2.24, 2.45) is 0 Å². The molecular formula is C28H28N2O3. The van der Waals surface area contributed by atoms with Crippen LogP contribution in [-0.2, 0) is 9.59 Å². The Balaban J connectivity index is 1.79. The van der Waals surface area contributed by atoms with E-state index in [0.29, 0.717) is 29.2 Å². The number of amides is 2. The first kappa shape index (κ1) is 22.3. The van der Waals surface area contributed by atoms with E-state index < -0.39 is 0 Å². The summed E-state index contributed by atoms with van der Waals surface area (Å²) in [4.78, 5) is 28.5. The Kier molecular flexibility index (Phi) is 6.31. The highest BCUT2D eigenvalue weighted by Crippen LogP contribution is 2.35. The number of imide groups is 1. The largest absolute Gasteiger partial charge is 0.494 e. The van der Waals surface area contributed by atoms with Crippen molar-refractivity contribution in [3.63, 3.8) is 0 Å². The van der Waals surface area contributed by atoms with Crippen molar-refractivity contribution in [2.75, 3.05) is 16.8 Å². The van der Waals surface area contributed by atoms with Crippen molar-refractivity contribution < 1.29 is 14.3 Å². The van der Waals surface area contributed by atoms with Crippen molar-refractivity contribution >= 4 is 28.8 Å². The lowest BCUT2D eigenvalue weighted by Crippen LogP contribution is -2.32. The quantitative estimate of drug-likeness (QED) is 0.472. The molecule has 0 spiro atoms. The second-order valence-electron chi connectivity index (χ2n) is 8.35. The number of aryl methyl sites for hydroxylation is 3. The van der Waals surface area contributed by atoms with Gasteiger partial charge in [0.2, 0.25) is 0 Å². The minimum absolute atomic E-state index is 0.275. The lowest BCUT2D eigenvalue weighted by molar-refractivity contribution is -0.120. The predicted molar refractivity (Wildman–Crippen MR) is 132 cm³/mol. The molecule has 0 fully saturated rings. The summed E-state index contributed by atoms with van der Waals surface area (Å²) in [7, 11) is 0. The molecule has 0 bridgehead atoms. The summed E-state index contributed by atoms with van der Waals surface area (Å²) in [5.74, 6) is -0.115. The molecular weight excluding hydrogens is 412 g/mol. The molecule has 5 heteroatoms. The number of carbonyl (C=O) groups excluding carboxylic acids is 2. The molecule has 0 aliphatic carbocycles. The fraction of sp³-hybridized carbons (Fsp3) is 0.214. The van der Waals surface area contributed by atoms with Crippen molar-refractivity contribution in [2.45, 2.75) is 34.1 Å². The lowest BCUT2D eigenvalue weighted by atomic mass is 10.0. The van der Waals surface area contributed by atoms with Crippen LogP contribution >= 0.6 is 0 Å². The van der Waals surface area contributed by atoms with E-state index in [1.807, 2.05) is 76.2 Å². The maximum atomic E-state index is 13.6. The Morgan fingerprint density at radius 2 is 1.58 bits per heavy atom. The highest BCUT2D eigenvalue weighted by Gasteiger charge is 2.40. The van der Waals surface area contributed by atoms with Crippen LogP contribution in [0.5, 0.6) is 5.75 Å². The third-order valence-electron chi connectivity index (χ3n) is 5.63. The van der Waals surface area contributed by atoms with E-state index in [-0.39, 0.29) is 17.5 Å². The first-order valence-corrected chi connectivity index (χ1v) is 11.2. The summed E-state index contributed by atoms with van der Waals surface area (Å²) in [5, 5.41) is 3.28. The third kappa shape index (κ3) is 4.53. The van der Waals surface area contributed by atoms with Crippen LogP contribution < -0.4 is 15.0 Å². The van der Waals surface area contributed by atoms with Crippen molar-refractivity contribution in [1.82, 2.24) is 0 Å². The van der Waals surface area contributed by atoms with Gasteiger partial charge in [0.1, 0.15) is 11.4 Å². The Bertz CT molecular complexity index is 1240. The topological polar surface area (TPSA) is 58.6 Å². The minimum atomic E-state index is -0.385. The summed E-state index contributed by atoms with van der Waals surface area (Å²) >= 11 is 0. The van der Waals surface area contributed by atoms with Gasteiger partial charge in [-0.05, 0) is 62.1 Å². The van der Waals surface area contributed by atoms with E-state index in [4.69, 9.17) is 4.74 Å². The molecule has 33 heavy (non-hydrogen) atoms. The monoisotopic (exact) mass is 440 g/mol. The van der Waals surface area contributed by atoms with Gasteiger partial charge in [-0.2, -0.15) is 0 Å². The van der Waals surface area contributed by atoms with Gasteiger partial charge in [-0.3, -0.25) is 9.59 Å². The van der Waals surface area contributed by atoms with Gasteiger partial charge in [0.25, 0.3) is 11.8 Å². The molecule has 0 atom stereocenters. The average Bonchev–Trinajstić information content (AvgIpc) is 3.05. The van der Waals surface area contributed by atoms with Crippen LogP contribution in [0.25, 0.3) is 5.57 Å². The maximum absolute atomic E-state index is 13.6. The number of nitrogens with one attached hydrogen (secondary N) is 1. The van der Waals surface area contributed by atoms with E-state index in [0.717, 1.165) is 28.8 Å². The standard InChI is InChI=1S/C28H28N2O3/c1-5-15-33-23-8-6-7-22(17-23)30-27(31)25(21-13-10-18(2)11-14-21)26(28(30)32)29-24-16-19(3)9-12-20(24)4/h6-14,16-17,29H,5,15H2,1-4H3. The molecule has 168 valence electrons.